The van der Waals surface area contributed by atoms with Crippen LogP contribution >= 0.6 is 0 Å². The number of rotatable bonds is 4. The Morgan fingerprint density at radius 3 is 2.64 bits per heavy atom. The molecule has 0 bridgehead atoms. The van der Waals surface area contributed by atoms with Crippen LogP contribution in [0.2, 0.25) is 0 Å². The number of aryl methyl sites for hydroxylation is 3. The molecular weight excluding hydrogens is 312 g/mol. The number of fused-ring (bicyclic) bond motifs is 1. The van der Waals surface area contributed by atoms with Crippen molar-refractivity contribution in [3.05, 3.63) is 64.8 Å². The Kier molecular flexibility index (Phi) is 4.64. The summed E-state index contributed by atoms with van der Waals surface area (Å²) in [6, 6.07) is 12.0. The zero-order valence-corrected chi connectivity index (χ0v) is 15.1. The fraction of sp³-hybridized carbons (Fsp3) is 0.286. The first-order valence-corrected chi connectivity index (χ1v) is 8.48. The van der Waals surface area contributed by atoms with Crippen molar-refractivity contribution in [2.24, 2.45) is 7.05 Å². The number of carbonyl (C=O) groups excluding carboxylic acids is 1. The van der Waals surface area contributed by atoms with Crippen LogP contribution < -0.4 is 5.32 Å². The lowest BCUT2D eigenvalue weighted by molar-refractivity contribution is -0.117. The second-order valence-electron chi connectivity index (χ2n) is 6.68. The Balaban J connectivity index is 1.91. The number of hydrogen-bond acceptors (Lipinski definition) is 2. The number of amides is 1. The quantitative estimate of drug-likeness (QED) is 0.756. The Bertz CT molecular complexity index is 940. The van der Waals surface area contributed by atoms with Gasteiger partial charge < -0.3 is 15.0 Å². The van der Waals surface area contributed by atoms with Gasteiger partial charge in [-0.25, -0.2) is 0 Å². The summed E-state index contributed by atoms with van der Waals surface area (Å²) >= 11 is 0. The fourth-order valence-electron chi connectivity index (χ4n) is 3.30. The molecule has 1 amide bonds. The maximum absolute atomic E-state index is 12.8. The van der Waals surface area contributed by atoms with E-state index < -0.39 is 0 Å². The van der Waals surface area contributed by atoms with Crippen molar-refractivity contribution in [2.45, 2.75) is 33.3 Å². The first-order chi connectivity index (χ1) is 11.9. The molecule has 1 atom stereocenters. The highest BCUT2D eigenvalue weighted by Crippen LogP contribution is 2.29. The van der Waals surface area contributed by atoms with E-state index >= 15 is 0 Å². The lowest BCUT2D eigenvalue weighted by Gasteiger charge is -2.15. The summed E-state index contributed by atoms with van der Waals surface area (Å²) in [4.78, 5) is 12.8. The van der Waals surface area contributed by atoms with Crippen LogP contribution in [0.1, 0.15) is 35.1 Å². The van der Waals surface area contributed by atoms with Gasteiger partial charge in [0.1, 0.15) is 0 Å². The number of aliphatic hydroxyl groups is 1. The fourth-order valence-corrected chi connectivity index (χ4v) is 3.30. The van der Waals surface area contributed by atoms with Crippen molar-refractivity contribution in [2.75, 3.05) is 5.32 Å². The standard InChI is InChI=1S/C21H24N2O2/c1-13-9-14(2)19(10-16(13)12-24)22-21(25)15(3)18-11-23(4)20-8-6-5-7-17(18)20/h5-11,15,24H,12H2,1-4H3,(H,22,25). The maximum Gasteiger partial charge on any atom is 0.231 e. The lowest BCUT2D eigenvalue weighted by Crippen LogP contribution is -2.19. The molecular formula is C21H24N2O2. The Morgan fingerprint density at radius 1 is 1.20 bits per heavy atom. The average molecular weight is 336 g/mol. The second kappa shape index (κ2) is 6.73. The van der Waals surface area contributed by atoms with Crippen LogP contribution in [0.4, 0.5) is 5.69 Å². The van der Waals surface area contributed by atoms with E-state index in [4.69, 9.17) is 0 Å². The third kappa shape index (κ3) is 3.17. The first kappa shape index (κ1) is 17.2. The van der Waals surface area contributed by atoms with Gasteiger partial charge >= 0.3 is 0 Å². The van der Waals surface area contributed by atoms with Crippen LogP contribution in [0, 0.1) is 13.8 Å². The van der Waals surface area contributed by atoms with Gasteiger partial charge in [-0.3, -0.25) is 4.79 Å². The summed E-state index contributed by atoms with van der Waals surface area (Å²) in [5.41, 5.74) is 5.74. The summed E-state index contributed by atoms with van der Waals surface area (Å²) in [5.74, 6) is -0.323. The average Bonchev–Trinajstić information content (AvgIpc) is 2.94. The highest BCUT2D eigenvalue weighted by Gasteiger charge is 2.20. The normalized spacial score (nSPS) is 12.4. The molecule has 1 heterocycles. The molecule has 130 valence electrons. The van der Waals surface area contributed by atoms with Crippen LogP contribution in [-0.2, 0) is 18.4 Å². The van der Waals surface area contributed by atoms with Crippen molar-refractivity contribution in [3.63, 3.8) is 0 Å². The van der Waals surface area contributed by atoms with Gasteiger partial charge in [0.2, 0.25) is 5.91 Å². The second-order valence-corrected chi connectivity index (χ2v) is 6.68. The number of nitrogens with one attached hydrogen (secondary N) is 1. The minimum Gasteiger partial charge on any atom is -0.392 e. The molecule has 2 N–H and O–H groups in total. The van der Waals surface area contributed by atoms with Gasteiger partial charge in [-0.15, -0.1) is 0 Å². The number of para-hydroxylation sites is 1. The van der Waals surface area contributed by atoms with Gasteiger partial charge in [0.05, 0.1) is 12.5 Å². The summed E-state index contributed by atoms with van der Waals surface area (Å²) in [5, 5.41) is 13.6. The van der Waals surface area contributed by atoms with Gasteiger partial charge in [0.25, 0.3) is 0 Å². The van der Waals surface area contributed by atoms with Crippen LogP contribution in [-0.4, -0.2) is 15.6 Å². The summed E-state index contributed by atoms with van der Waals surface area (Å²) in [6.07, 6.45) is 2.02. The molecule has 0 fully saturated rings. The van der Waals surface area contributed by atoms with Crippen LogP contribution in [0.15, 0.2) is 42.6 Å². The molecule has 1 aromatic heterocycles. The molecule has 25 heavy (non-hydrogen) atoms. The van der Waals surface area contributed by atoms with E-state index in [1.807, 2.05) is 58.3 Å². The summed E-state index contributed by atoms with van der Waals surface area (Å²) in [6.45, 7) is 5.82. The molecule has 0 aliphatic heterocycles. The largest absolute Gasteiger partial charge is 0.392 e. The van der Waals surface area contributed by atoms with Crippen LogP contribution in [0.3, 0.4) is 0 Å². The van der Waals surface area contributed by atoms with E-state index in [1.165, 1.54) is 0 Å². The van der Waals surface area contributed by atoms with Gasteiger partial charge in [0.15, 0.2) is 0 Å². The molecule has 0 saturated carbocycles. The molecule has 0 saturated heterocycles. The molecule has 2 aromatic carbocycles. The SMILES string of the molecule is Cc1cc(C)c(NC(=O)C(C)c2cn(C)c3ccccc23)cc1CO. The molecule has 3 aromatic rings. The third-order valence-electron chi connectivity index (χ3n) is 4.90. The number of aromatic nitrogens is 1. The zero-order chi connectivity index (χ0) is 18.1. The molecule has 4 nitrogen and oxygen atoms in total. The van der Waals surface area contributed by atoms with Crippen molar-refractivity contribution in [1.29, 1.82) is 0 Å². The number of carbonyl (C=O) groups is 1. The highest BCUT2D eigenvalue weighted by molar-refractivity contribution is 5.99. The molecule has 0 spiro atoms. The van der Waals surface area contributed by atoms with Gasteiger partial charge in [-0.1, -0.05) is 24.3 Å². The van der Waals surface area contributed by atoms with Crippen molar-refractivity contribution in [1.82, 2.24) is 4.57 Å². The summed E-state index contributed by atoms with van der Waals surface area (Å²) < 4.78 is 2.05. The van der Waals surface area contributed by atoms with Crippen molar-refractivity contribution >= 4 is 22.5 Å². The number of benzene rings is 2. The van der Waals surface area contributed by atoms with E-state index in [0.29, 0.717) is 0 Å². The molecule has 0 radical (unpaired) electrons. The van der Waals surface area contributed by atoms with E-state index in [2.05, 4.69) is 22.0 Å². The van der Waals surface area contributed by atoms with Gasteiger partial charge in [-0.2, -0.15) is 0 Å². The van der Waals surface area contributed by atoms with Crippen LogP contribution in [0.25, 0.3) is 10.9 Å². The van der Waals surface area contributed by atoms with Gasteiger partial charge in [-0.05, 0) is 55.2 Å². The number of hydrogen-bond donors (Lipinski definition) is 2. The number of nitrogens with zero attached hydrogens (tertiary/aromatic N) is 1. The Morgan fingerprint density at radius 2 is 1.92 bits per heavy atom. The minimum atomic E-state index is -0.274. The molecule has 4 heteroatoms. The molecule has 0 aliphatic carbocycles. The van der Waals surface area contributed by atoms with E-state index in [1.54, 1.807) is 0 Å². The minimum absolute atomic E-state index is 0.0339. The molecule has 3 rings (SSSR count). The maximum atomic E-state index is 12.8. The smallest absolute Gasteiger partial charge is 0.231 e. The zero-order valence-electron chi connectivity index (χ0n) is 15.1. The monoisotopic (exact) mass is 336 g/mol. The van der Waals surface area contributed by atoms with Crippen LogP contribution in [0.5, 0.6) is 0 Å². The predicted octanol–water partition coefficient (Wildman–Crippen LogP) is 4.03. The highest BCUT2D eigenvalue weighted by atomic mass is 16.3. The molecule has 0 aliphatic rings. The predicted molar refractivity (Wildman–Crippen MR) is 102 cm³/mol. The first-order valence-electron chi connectivity index (χ1n) is 8.48. The van der Waals surface area contributed by atoms with E-state index in [0.717, 1.165) is 38.8 Å². The lowest BCUT2D eigenvalue weighted by atomic mass is 9.98. The topological polar surface area (TPSA) is 54.3 Å². The molecule has 1 unspecified atom stereocenters. The van der Waals surface area contributed by atoms with E-state index in [-0.39, 0.29) is 18.4 Å². The summed E-state index contributed by atoms with van der Waals surface area (Å²) in [7, 11) is 1.99. The number of aliphatic hydroxyl groups excluding tert-OH is 1. The van der Waals surface area contributed by atoms with Crippen molar-refractivity contribution < 1.29 is 9.90 Å². The van der Waals surface area contributed by atoms with E-state index in [9.17, 15) is 9.90 Å². The van der Waals surface area contributed by atoms with Gasteiger partial charge in [0, 0.05) is 29.8 Å². The van der Waals surface area contributed by atoms with Crippen molar-refractivity contribution in [3.8, 4) is 0 Å². The Hall–Kier alpha value is -2.59. The number of anilines is 1. The third-order valence-corrected chi connectivity index (χ3v) is 4.90. The Labute approximate surface area is 148 Å².